The summed E-state index contributed by atoms with van der Waals surface area (Å²) in [5.41, 5.74) is 1.55. The van der Waals surface area contributed by atoms with E-state index in [0.29, 0.717) is 70.8 Å². The first-order valence-corrected chi connectivity index (χ1v) is 11.7. The smallest absolute Gasteiger partial charge is 0.243 e. The molecular weight excluding hydrogens is 392 g/mol. The summed E-state index contributed by atoms with van der Waals surface area (Å²) in [4.78, 5) is 28.0. The summed E-state index contributed by atoms with van der Waals surface area (Å²) < 4.78 is 27.8. The number of nitrogens with one attached hydrogen (secondary N) is 1. The van der Waals surface area contributed by atoms with Crippen LogP contribution in [0.2, 0.25) is 0 Å². The van der Waals surface area contributed by atoms with E-state index in [1.54, 1.807) is 23.1 Å². The van der Waals surface area contributed by atoms with Crippen LogP contribution in [0, 0.1) is 0 Å². The van der Waals surface area contributed by atoms with Gasteiger partial charge in [0.1, 0.15) is 0 Å². The summed E-state index contributed by atoms with van der Waals surface area (Å²) >= 11 is 0. The largest absolute Gasteiger partial charge is 0.342 e. The fraction of sp³-hybridized carbons (Fsp3) is 0.600. The van der Waals surface area contributed by atoms with Crippen LogP contribution in [-0.2, 0) is 26.0 Å². The molecule has 0 radical (unpaired) electrons. The number of aryl methyl sites for hydroxylation is 1. The zero-order valence-electron chi connectivity index (χ0n) is 17.2. The summed E-state index contributed by atoms with van der Waals surface area (Å²) in [6.45, 7) is 7.65. The van der Waals surface area contributed by atoms with Crippen molar-refractivity contribution in [2.75, 3.05) is 51.1 Å². The van der Waals surface area contributed by atoms with Gasteiger partial charge in [0.2, 0.25) is 21.8 Å². The number of sulfonamides is 1. The molecule has 2 amide bonds. The molecule has 1 fully saturated rings. The molecule has 1 aromatic carbocycles. The molecule has 2 heterocycles. The van der Waals surface area contributed by atoms with Crippen LogP contribution in [0.4, 0.5) is 5.69 Å². The molecule has 2 aliphatic heterocycles. The highest BCUT2D eigenvalue weighted by molar-refractivity contribution is 7.89. The van der Waals surface area contributed by atoms with Gasteiger partial charge in [-0.1, -0.05) is 0 Å². The number of carbonyl (C=O) groups is 2. The number of likely N-dealkylation sites (N-methyl/N-ethyl adjacent to an activating group) is 1. The Morgan fingerprint density at radius 2 is 1.86 bits per heavy atom. The normalized spacial score (nSPS) is 18.6. The molecule has 0 spiro atoms. The number of nitrogens with zero attached hydrogens (tertiary/aromatic N) is 3. The third kappa shape index (κ3) is 4.96. The second-order valence-corrected chi connectivity index (χ2v) is 9.40. The van der Waals surface area contributed by atoms with Crippen molar-refractivity contribution in [1.82, 2.24) is 14.1 Å². The van der Waals surface area contributed by atoms with Crippen molar-refractivity contribution in [3.05, 3.63) is 23.8 Å². The van der Waals surface area contributed by atoms with Gasteiger partial charge in [0.15, 0.2) is 0 Å². The monoisotopic (exact) mass is 422 g/mol. The Kier molecular flexibility index (Phi) is 6.92. The molecule has 0 aromatic heterocycles. The molecule has 1 saturated heterocycles. The molecule has 0 unspecified atom stereocenters. The van der Waals surface area contributed by atoms with Crippen LogP contribution < -0.4 is 5.32 Å². The minimum atomic E-state index is -3.61. The Hall–Kier alpha value is -1.97. The van der Waals surface area contributed by atoms with Crippen LogP contribution in [0.5, 0.6) is 0 Å². The summed E-state index contributed by atoms with van der Waals surface area (Å²) in [5, 5.41) is 2.78. The molecule has 0 atom stereocenters. The second-order valence-electron chi connectivity index (χ2n) is 7.47. The number of amides is 2. The average Bonchev–Trinajstić information content (AvgIpc) is 2.94. The number of hydrogen-bond acceptors (Lipinski definition) is 5. The average molecular weight is 423 g/mol. The van der Waals surface area contributed by atoms with Crippen molar-refractivity contribution < 1.29 is 18.0 Å². The first-order chi connectivity index (χ1) is 13.8. The van der Waals surface area contributed by atoms with Crippen LogP contribution in [0.3, 0.4) is 0 Å². The third-order valence-corrected chi connectivity index (χ3v) is 7.53. The minimum Gasteiger partial charge on any atom is -0.342 e. The lowest BCUT2D eigenvalue weighted by Gasteiger charge is -2.25. The lowest BCUT2D eigenvalue weighted by atomic mass is 10.0. The second kappa shape index (κ2) is 9.23. The number of rotatable bonds is 6. The standard InChI is InChI=1S/C20H30N4O4S/c1-3-23(4-2)20(26)15-22-10-5-11-24(13-12-22)29(27,28)17-7-8-18-16(14-17)6-9-19(25)21-18/h7-8,14H,3-6,9-13,15H2,1-2H3,(H,21,25). The molecule has 9 heteroatoms. The van der Waals surface area contributed by atoms with Crippen molar-refractivity contribution >= 4 is 27.5 Å². The van der Waals surface area contributed by atoms with E-state index in [-0.39, 0.29) is 16.7 Å². The predicted octanol–water partition coefficient (Wildman–Crippen LogP) is 1.14. The zero-order chi connectivity index (χ0) is 21.0. The van der Waals surface area contributed by atoms with Gasteiger partial charge in [-0.3, -0.25) is 14.5 Å². The van der Waals surface area contributed by atoms with Crippen molar-refractivity contribution in [3.63, 3.8) is 0 Å². The molecule has 29 heavy (non-hydrogen) atoms. The number of anilines is 1. The van der Waals surface area contributed by atoms with E-state index in [1.807, 2.05) is 18.7 Å². The van der Waals surface area contributed by atoms with Gasteiger partial charge in [-0.25, -0.2) is 8.42 Å². The zero-order valence-corrected chi connectivity index (χ0v) is 18.0. The van der Waals surface area contributed by atoms with Crippen LogP contribution in [-0.4, -0.2) is 80.2 Å². The first-order valence-electron chi connectivity index (χ1n) is 10.3. The molecule has 160 valence electrons. The van der Waals surface area contributed by atoms with E-state index in [9.17, 15) is 18.0 Å². The highest BCUT2D eigenvalue weighted by atomic mass is 32.2. The molecule has 0 saturated carbocycles. The fourth-order valence-corrected chi connectivity index (χ4v) is 5.40. The lowest BCUT2D eigenvalue weighted by Crippen LogP contribution is -2.42. The van der Waals surface area contributed by atoms with Gasteiger partial charge >= 0.3 is 0 Å². The molecule has 3 rings (SSSR count). The van der Waals surface area contributed by atoms with Gasteiger partial charge < -0.3 is 10.2 Å². The summed E-state index contributed by atoms with van der Waals surface area (Å²) in [6.07, 6.45) is 1.60. The van der Waals surface area contributed by atoms with E-state index < -0.39 is 10.0 Å². The molecular formula is C20H30N4O4S. The van der Waals surface area contributed by atoms with E-state index in [0.717, 1.165) is 5.56 Å². The summed E-state index contributed by atoms with van der Waals surface area (Å²) in [5.74, 6) is 0.0445. The molecule has 0 bridgehead atoms. The third-order valence-electron chi connectivity index (χ3n) is 5.63. The lowest BCUT2D eigenvalue weighted by molar-refractivity contribution is -0.132. The number of fused-ring (bicyclic) bond motifs is 1. The highest BCUT2D eigenvalue weighted by Crippen LogP contribution is 2.27. The van der Waals surface area contributed by atoms with Crippen LogP contribution in [0.15, 0.2) is 23.1 Å². The molecule has 8 nitrogen and oxygen atoms in total. The van der Waals surface area contributed by atoms with E-state index >= 15 is 0 Å². The van der Waals surface area contributed by atoms with Crippen molar-refractivity contribution in [2.24, 2.45) is 0 Å². The summed E-state index contributed by atoms with van der Waals surface area (Å²) in [7, 11) is -3.61. The Labute approximate surface area is 172 Å². The van der Waals surface area contributed by atoms with Gasteiger partial charge in [0.25, 0.3) is 0 Å². The van der Waals surface area contributed by atoms with Crippen molar-refractivity contribution in [3.8, 4) is 0 Å². The van der Waals surface area contributed by atoms with E-state index in [1.165, 1.54) is 4.31 Å². The maximum Gasteiger partial charge on any atom is 0.243 e. The maximum atomic E-state index is 13.2. The van der Waals surface area contributed by atoms with E-state index in [4.69, 9.17) is 0 Å². The first kappa shape index (κ1) is 21.7. The van der Waals surface area contributed by atoms with Crippen molar-refractivity contribution in [2.45, 2.75) is 38.0 Å². The quantitative estimate of drug-likeness (QED) is 0.742. The minimum absolute atomic E-state index is 0.0417. The molecule has 1 N–H and O–H groups in total. The van der Waals surface area contributed by atoms with Crippen LogP contribution >= 0.6 is 0 Å². The molecule has 0 aliphatic carbocycles. The molecule has 2 aliphatic rings. The van der Waals surface area contributed by atoms with E-state index in [2.05, 4.69) is 5.32 Å². The van der Waals surface area contributed by atoms with Crippen LogP contribution in [0.25, 0.3) is 0 Å². The number of carbonyl (C=O) groups excluding carboxylic acids is 2. The fourth-order valence-electron chi connectivity index (χ4n) is 3.88. The van der Waals surface area contributed by atoms with Crippen LogP contribution in [0.1, 0.15) is 32.3 Å². The topological polar surface area (TPSA) is 90.0 Å². The molecule has 1 aromatic rings. The highest BCUT2D eigenvalue weighted by Gasteiger charge is 2.29. The van der Waals surface area contributed by atoms with Gasteiger partial charge in [-0.2, -0.15) is 4.31 Å². The summed E-state index contributed by atoms with van der Waals surface area (Å²) in [6, 6.07) is 4.91. The SMILES string of the molecule is CCN(CC)C(=O)CN1CCCN(S(=O)(=O)c2ccc3c(c2)CCC(=O)N3)CC1. The van der Waals surface area contributed by atoms with Gasteiger partial charge in [0.05, 0.1) is 11.4 Å². The van der Waals surface area contributed by atoms with Gasteiger partial charge in [0, 0.05) is 44.8 Å². The Balaban J connectivity index is 1.68. The predicted molar refractivity (Wildman–Crippen MR) is 111 cm³/mol. The number of benzene rings is 1. The van der Waals surface area contributed by atoms with Crippen molar-refractivity contribution in [1.29, 1.82) is 0 Å². The Morgan fingerprint density at radius 1 is 1.10 bits per heavy atom. The maximum absolute atomic E-state index is 13.2. The van der Waals surface area contributed by atoms with Gasteiger partial charge in [-0.05, 0) is 57.0 Å². The Morgan fingerprint density at radius 3 is 2.59 bits per heavy atom. The number of hydrogen-bond donors (Lipinski definition) is 1. The van der Waals surface area contributed by atoms with Gasteiger partial charge in [-0.15, -0.1) is 0 Å². The Bertz CT molecular complexity index is 867.